The second-order valence-corrected chi connectivity index (χ2v) is 8.09. The van der Waals surface area contributed by atoms with Crippen LogP contribution in [-0.4, -0.2) is 39.8 Å². The highest BCUT2D eigenvalue weighted by atomic mass is 79.9. The summed E-state index contributed by atoms with van der Waals surface area (Å²) in [5, 5.41) is 2.72. The Kier molecular flexibility index (Phi) is 5.63. The van der Waals surface area contributed by atoms with Gasteiger partial charge in [-0.25, -0.2) is 12.7 Å². The normalized spacial score (nSPS) is 11.4. The van der Waals surface area contributed by atoms with Crippen LogP contribution in [0.5, 0.6) is 5.75 Å². The van der Waals surface area contributed by atoms with Gasteiger partial charge >= 0.3 is 0 Å². The molecule has 2 aromatic carbocycles. The van der Waals surface area contributed by atoms with Crippen LogP contribution in [0.2, 0.25) is 0 Å². The zero-order valence-corrected chi connectivity index (χ0v) is 15.8. The summed E-state index contributed by atoms with van der Waals surface area (Å²) in [7, 11) is 0.775. The van der Waals surface area contributed by atoms with Gasteiger partial charge in [-0.3, -0.25) is 4.79 Å². The molecule has 0 heterocycles. The third-order valence-corrected chi connectivity index (χ3v) is 6.11. The number of amides is 1. The van der Waals surface area contributed by atoms with Crippen LogP contribution in [0, 0.1) is 0 Å². The predicted octanol–water partition coefficient (Wildman–Crippen LogP) is 2.96. The lowest BCUT2D eigenvalue weighted by atomic mass is 10.2. The quantitative estimate of drug-likeness (QED) is 0.818. The average Bonchev–Trinajstić information content (AvgIpc) is 2.55. The summed E-state index contributed by atoms with van der Waals surface area (Å²) in [6, 6.07) is 11.3. The fraction of sp³-hybridized carbons (Fsp3) is 0.188. The number of sulfonamides is 1. The molecule has 8 heteroatoms. The Bertz CT molecular complexity index is 849. The first-order valence-electron chi connectivity index (χ1n) is 6.93. The number of ether oxygens (including phenoxy) is 1. The van der Waals surface area contributed by atoms with Crippen molar-refractivity contribution in [3.8, 4) is 5.75 Å². The van der Waals surface area contributed by atoms with E-state index in [0.29, 0.717) is 15.9 Å². The summed E-state index contributed by atoms with van der Waals surface area (Å²) in [4.78, 5) is 12.4. The molecule has 1 amide bonds. The minimum Gasteiger partial charge on any atom is -0.497 e. The molecule has 0 aliphatic carbocycles. The van der Waals surface area contributed by atoms with Crippen LogP contribution in [-0.2, 0) is 10.0 Å². The number of carbonyl (C=O) groups excluding carboxylic acids is 1. The van der Waals surface area contributed by atoms with Gasteiger partial charge < -0.3 is 10.1 Å². The predicted molar refractivity (Wildman–Crippen MR) is 96.0 cm³/mol. The number of methoxy groups -OCH3 is 1. The van der Waals surface area contributed by atoms with E-state index in [4.69, 9.17) is 4.74 Å². The van der Waals surface area contributed by atoms with Crippen LogP contribution in [0.15, 0.2) is 51.8 Å². The van der Waals surface area contributed by atoms with Gasteiger partial charge in [0, 0.05) is 29.8 Å². The van der Waals surface area contributed by atoms with Gasteiger partial charge in [-0.05, 0) is 58.4 Å². The first-order valence-corrected chi connectivity index (χ1v) is 9.16. The SMILES string of the molecule is COc1ccc(NC(=O)c2ccc(Br)c(S(=O)(=O)N(C)C)c2)cc1. The molecule has 0 saturated carbocycles. The summed E-state index contributed by atoms with van der Waals surface area (Å²) in [6.07, 6.45) is 0. The molecule has 2 rings (SSSR count). The molecule has 0 bridgehead atoms. The molecule has 128 valence electrons. The lowest BCUT2D eigenvalue weighted by Crippen LogP contribution is -2.23. The van der Waals surface area contributed by atoms with Crippen molar-refractivity contribution >= 4 is 37.5 Å². The maximum atomic E-state index is 12.4. The molecule has 0 unspecified atom stereocenters. The Balaban J connectivity index is 2.30. The molecule has 1 N–H and O–H groups in total. The number of carbonyl (C=O) groups is 1. The fourth-order valence-electron chi connectivity index (χ4n) is 1.92. The van der Waals surface area contributed by atoms with E-state index in [1.807, 2.05) is 0 Å². The number of rotatable bonds is 5. The van der Waals surface area contributed by atoms with E-state index in [0.717, 1.165) is 4.31 Å². The topological polar surface area (TPSA) is 75.7 Å². The number of hydrogen-bond donors (Lipinski definition) is 1. The van der Waals surface area contributed by atoms with Crippen molar-refractivity contribution in [1.82, 2.24) is 4.31 Å². The number of hydrogen-bond acceptors (Lipinski definition) is 4. The standard InChI is InChI=1S/C16H17BrN2O4S/c1-19(2)24(21,22)15-10-11(4-9-14(15)17)16(20)18-12-5-7-13(23-3)8-6-12/h4-10H,1-3H3,(H,18,20). The van der Waals surface area contributed by atoms with Gasteiger partial charge in [0.05, 0.1) is 12.0 Å². The van der Waals surface area contributed by atoms with Gasteiger partial charge in [0.2, 0.25) is 10.0 Å². The highest BCUT2D eigenvalue weighted by Gasteiger charge is 2.22. The van der Waals surface area contributed by atoms with Crippen LogP contribution in [0.4, 0.5) is 5.69 Å². The van der Waals surface area contributed by atoms with E-state index < -0.39 is 15.9 Å². The maximum absolute atomic E-state index is 12.4. The van der Waals surface area contributed by atoms with Crippen molar-refractivity contribution in [3.63, 3.8) is 0 Å². The summed E-state index contributed by atoms with van der Waals surface area (Å²) in [5.41, 5.74) is 0.829. The number of nitrogens with zero attached hydrogens (tertiary/aromatic N) is 1. The minimum atomic E-state index is -3.66. The molecule has 0 atom stereocenters. The first kappa shape index (κ1) is 18.4. The van der Waals surface area contributed by atoms with Crippen molar-refractivity contribution in [2.24, 2.45) is 0 Å². The van der Waals surface area contributed by atoms with Crippen molar-refractivity contribution in [2.75, 3.05) is 26.5 Å². The lowest BCUT2D eigenvalue weighted by molar-refractivity contribution is 0.102. The summed E-state index contributed by atoms with van der Waals surface area (Å²) >= 11 is 3.21. The molecule has 0 aromatic heterocycles. The van der Waals surface area contributed by atoms with Gasteiger partial charge in [0.1, 0.15) is 5.75 Å². The second-order valence-electron chi connectivity index (χ2n) is 5.12. The van der Waals surface area contributed by atoms with Crippen LogP contribution in [0.25, 0.3) is 0 Å². The van der Waals surface area contributed by atoms with E-state index >= 15 is 0 Å². The molecule has 0 spiro atoms. The molecule has 6 nitrogen and oxygen atoms in total. The maximum Gasteiger partial charge on any atom is 0.255 e. The van der Waals surface area contributed by atoms with Crippen LogP contribution < -0.4 is 10.1 Å². The molecular weight excluding hydrogens is 396 g/mol. The molecule has 0 radical (unpaired) electrons. The van der Waals surface area contributed by atoms with E-state index in [1.54, 1.807) is 43.5 Å². The van der Waals surface area contributed by atoms with Crippen LogP contribution in [0.1, 0.15) is 10.4 Å². The molecule has 0 saturated heterocycles. The Morgan fingerprint density at radius 3 is 2.29 bits per heavy atom. The molecule has 0 aliphatic rings. The van der Waals surface area contributed by atoms with E-state index in [9.17, 15) is 13.2 Å². The van der Waals surface area contributed by atoms with E-state index in [2.05, 4.69) is 21.2 Å². The molecule has 24 heavy (non-hydrogen) atoms. The summed E-state index contributed by atoms with van der Waals surface area (Å²) in [5.74, 6) is 0.277. The van der Waals surface area contributed by atoms with Gasteiger partial charge in [0.25, 0.3) is 5.91 Å². The van der Waals surface area contributed by atoms with E-state index in [-0.39, 0.29) is 10.5 Å². The second kappa shape index (κ2) is 7.33. The first-order chi connectivity index (χ1) is 11.3. The van der Waals surface area contributed by atoms with Crippen molar-refractivity contribution in [2.45, 2.75) is 4.90 Å². The van der Waals surface area contributed by atoms with Gasteiger partial charge in [-0.15, -0.1) is 0 Å². The highest BCUT2D eigenvalue weighted by molar-refractivity contribution is 9.10. The minimum absolute atomic E-state index is 0.0369. The Labute approximate surface area is 149 Å². The Morgan fingerprint density at radius 1 is 1.12 bits per heavy atom. The number of halogens is 1. The zero-order chi connectivity index (χ0) is 17.9. The number of anilines is 1. The molecule has 0 fully saturated rings. The monoisotopic (exact) mass is 412 g/mol. The lowest BCUT2D eigenvalue weighted by Gasteiger charge is -2.14. The third kappa shape index (κ3) is 3.95. The highest BCUT2D eigenvalue weighted by Crippen LogP contribution is 2.26. The summed E-state index contributed by atoms with van der Waals surface area (Å²) in [6.45, 7) is 0. The zero-order valence-electron chi connectivity index (χ0n) is 13.4. The van der Waals surface area contributed by atoms with Crippen LogP contribution >= 0.6 is 15.9 Å². The molecule has 2 aromatic rings. The van der Waals surface area contributed by atoms with Gasteiger partial charge in [-0.1, -0.05) is 0 Å². The number of nitrogens with one attached hydrogen (secondary N) is 1. The Morgan fingerprint density at radius 2 is 1.75 bits per heavy atom. The van der Waals surface area contributed by atoms with E-state index in [1.165, 1.54) is 20.2 Å². The van der Waals surface area contributed by atoms with Crippen molar-refractivity contribution in [1.29, 1.82) is 0 Å². The Hall–Kier alpha value is -1.90. The van der Waals surface area contributed by atoms with Crippen molar-refractivity contribution in [3.05, 3.63) is 52.5 Å². The van der Waals surface area contributed by atoms with Gasteiger partial charge in [0.15, 0.2) is 0 Å². The van der Waals surface area contributed by atoms with Gasteiger partial charge in [-0.2, -0.15) is 0 Å². The average molecular weight is 413 g/mol. The number of benzene rings is 2. The van der Waals surface area contributed by atoms with Crippen molar-refractivity contribution < 1.29 is 17.9 Å². The summed E-state index contributed by atoms with van der Waals surface area (Å²) < 4.78 is 31.2. The largest absolute Gasteiger partial charge is 0.497 e. The smallest absolute Gasteiger partial charge is 0.255 e. The molecular formula is C16H17BrN2O4S. The molecule has 0 aliphatic heterocycles. The van der Waals surface area contributed by atoms with Crippen LogP contribution in [0.3, 0.4) is 0 Å². The fourth-order valence-corrected chi connectivity index (χ4v) is 3.76. The third-order valence-electron chi connectivity index (χ3n) is 3.30.